The summed E-state index contributed by atoms with van der Waals surface area (Å²) in [4.78, 5) is 26.9. The minimum Gasteiger partial charge on any atom is -0.332 e. The molecule has 0 fully saturated rings. The lowest BCUT2D eigenvalue weighted by Gasteiger charge is -2.21. The molecule has 0 saturated carbocycles. The molecule has 1 aromatic carbocycles. The van der Waals surface area contributed by atoms with Crippen molar-refractivity contribution < 1.29 is 4.79 Å². The summed E-state index contributed by atoms with van der Waals surface area (Å²) in [6.45, 7) is 2.99. The molecular weight excluding hydrogens is 290 g/mol. The molecule has 5 heteroatoms. The Balaban J connectivity index is 1.59. The van der Waals surface area contributed by atoms with E-state index in [4.69, 9.17) is 0 Å². The van der Waals surface area contributed by atoms with Crippen LogP contribution in [0.2, 0.25) is 0 Å². The van der Waals surface area contributed by atoms with Crippen LogP contribution < -0.4 is 5.56 Å². The molecule has 0 spiro atoms. The lowest BCUT2D eigenvalue weighted by molar-refractivity contribution is -0.135. The number of carbonyl (C=O) groups is 1. The molecule has 1 atom stereocenters. The van der Waals surface area contributed by atoms with Crippen molar-refractivity contribution in [2.24, 2.45) is 0 Å². The molecule has 2 aliphatic rings. The van der Waals surface area contributed by atoms with Crippen LogP contribution in [0.1, 0.15) is 41.8 Å². The van der Waals surface area contributed by atoms with Crippen LogP contribution in [0.5, 0.6) is 0 Å². The molecule has 118 valence electrons. The first-order valence-electron chi connectivity index (χ1n) is 8.10. The van der Waals surface area contributed by atoms with Gasteiger partial charge >= 0.3 is 0 Å². The molecule has 0 bridgehead atoms. The number of hydrogen-bond acceptors (Lipinski definition) is 3. The molecule has 0 saturated heterocycles. The van der Waals surface area contributed by atoms with Gasteiger partial charge in [-0.25, -0.2) is 4.68 Å². The SMILES string of the molecule is CC(C(=O)N1Cc2ccccc2C1)n1nc2c(cc1=O)CCC2. The molecule has 23 heavy (non-hydrogen) atoms. The predicted octanol–water partition coefficient (Wildman–Crippen LogP) is 1.84. The fourth-order valence-corrected chi connectivity index (χ4v) is 3.55. The normalized spacial score (nSPS) is 17.0. The Bertz CT molecular complexity index is 815. The Hall–Kier alpha value is -2.43. The van der Waals surface area contributed by atoms with E-state index in [0.717, 1.165) is 30.5 Å². The zero-order chi connectivity index (χ0) is 16.0. The second kappa shape index (κ2) is 5.33. The molecular formula is C18H19N3O2. The number of fused-ring (bicyclic) bond motifs is 2. The fourth-order valence-electron chi connectivity index (χ4n) is 3.55. The molecule has 1 aliphatic carbocycles. The van der Waals surface area contributed by atoms with Gasteiger partial charge in [-0.05, 0) is 42.9 Å². The first-order valence-corrected chi connectivity index (χ1v) is 8.10. The summed E-state index contributed by atoms with van der Waals surface area (Å²) in [6.07, 6.45) is 2.85. The summed E-state index contributed by atoms with van der Waals surface area (Å²) >= 11 is 0. The number of hydrogen-bond donors (Lipinski definition) is 0. The van der Waals surface area contributed by atoms with Gasteiger partial charge in [0.25, 0.3) is 5.56 Å². The molecule has 1 unspecified atom stereocenters. The Morgan fingerprint density at radius 2 is 1.83 bits per heavy atom. The summed E-state index contributed by atoms with van der Waals surface area (Å²) < 4.78 is 1.36. The van der Waals surface area contributed by atoms with Crippen LogP contribution in [0.3, 0.4) is 0 Å². The first-order chi connectivity index (χ1) is 11.1. The summed E-state index contributed by atoms with van der Waals surface area (Å²) in [5.41, 5.74) is 4.20. The van der Waals surface area contributed by atoms with E-state index in [2.05, 4.69) is 5.10 Å². The van der Waals surface area contributed by atoms with Gasteiger partial charge in [0.05, 0.1) is 5.69 Å². The molecule has 2 aromatic rings. The molecule has 0 radical (unpaired) electrons. The third-order valence-electron chi connectivity index (χ3n) is 4.86. The van der Waals surface area contributed by atoms with E-state index in [1.54, 1.807) is 17.9 Å². The zero-order valence-electron chi connectivity index (χ0n) is 13.2. The third-order valence-corrected chi connectivity index (χ3v) is 4.86. The number of amides is 1. The fraction of sp³-hybridized carbons (Fsp3) is 0.389. The second-order valence-electron chi connectivity index (χ2n) is 6.39. The molecule has 2 heterocycles. The topological polar surface area (TPSA) is 55.2 Å². The second-order valence-corrected chi connectivity index (χ2v) is 6.39. The van der Waals surface area contributed by atoms with Crippen molar-refractivity contribution in [3.63, 3.8) is 0 Å². The van der Waals surface area contributed by atoms with Gasteiger partial charge in [0.1, 0.15) is 6.04 Å². The van der Waals surface area contributed by atoms with Crippen LogP contribution in [0.15, 0.2) is 35.1 Å². The monoisotopic (exact) mass is 309 g/mol. The lowest BCUT2D eigenvalue weighted by Crippen LogP contribution is -2.38. The number of aryl methyl sites for hydroxylation is 2. The van der Waals surface area contributed by atoms with Crippen molar-refractivity contribution in [3.8, 4) is 0 Å². The maximum atomic E-state index is 12.8. The van der Waals surface area contributed by atoms with E-state index in [9.17, 15) is 9.59 Å². The van der Waals surface area contributed by atoms with Gasteiger partial charge in [-0.15, -0.1) is 0 Å². The lowest BCUT2D eigenvalue weighted by atomic mass is 10.1. The first kappa shape index (κ1) is 14.2. The van der Waals surface area contributed by atoms with Crippen LogP contribution in [-0.4, -0.2) is 20.6 Å². The number of carbonyl (C=O) groups excluding carboxylic acids is 1. The van der Waals surface area contributed by atoms with Crippen molar-refractivity contribution in [1.82, 2.24) is 14.7 Å². The molecule has 4 rings (SSSR count). The third kappa shape index (κ3) is 2.36. The molecule has 1 amide bonds. The minimum atomic E-state index is -0.567. The van der Waals surface area contributed by atoms with Crippen LogP contribution in [0, 0.1) is 0 Å². The Kier molecular flexibility index (Phi) is 3.29. The van der Waals surface area contributed by atoms with Crippen LogP contribution >= 0.6 is 0 Å². The van der Waals surface area contributed by atoms with E-state index in [0.29, 0.717) is 13.1 Å². The van der Waals surface area contributed by atoms with E-state index >= 15 is 0 Å². The Morgan fingerprint density at radius 1 is 1.13 bits per heavy atom. The highest BCUT2D eigenvalue weighted by molar-refractivity contribution is 5.80. The smallest absolute Gasteiger partial charge is 0.267 e. The van der Waals surface area contributed by atoms with Gasteiger partial charge in [0, 0.05) is 19.2 Å². The average Bonchev–Trinajstić information content (AvgIpc) is 3.18. The maximum Gasteiger partial charge on any atom is 0.267 e. The van der Waals surface area contributed by atoms with Gasteiger partial charge < -0.3 is 4.90 Å². The molecule has 0 N–H and O–H groups in total. The Morgan fingerprint density at radius 3 is 2.52 bits per heavy atom. The number of nitrogens with zero attached hydrogens (tertiary/aromatic N) is 3. The van der Waals surface area contributed by atoms with Gasteiger partial charge in [0.2, 0.25) is 5.91 Å². The van der Waals surface area contributed by atoms with Crippen molar-refractivity contribution in [1.29, 1.82) is 0 Å². The molecule has 1 aromatic heterocycles. The molecule has 5 nitrogen and oxygen atoms in total. The van der Waals surface area contributed by atoms with Crippen molar-refractivity contribution in [2.75, 3.05) is 0 Å². The predicted molar refractivity (Wildman–Crippen MR) is 85.9 cm³/mol. The van der Waals surface area contributed by atoms with Gasteiger partial charge in [0.15, 0.2) is 0 Å². The van der Waals surface area contributed by atoms with Crippen molar-refractivity contribution in [2.45, 2.75) is 45.3 Å². The number of rotatable bonds is 2. The van der Waals surface area contributed by atoms with Gasteiger partial charge in [-0.2, -0.15) is 5.10 Å². The van der Waals surface area contributed by atoms with Crippen molar-refractivity contribution in [3.05, 3.63) is 63.1 Å². The number of benzene rings is 1. The molecule has 1 aliphatic heterocycles. The summed E-state index contributed by atoms with van der Waals surface area (Å²) in [7, 11) is 0. The maximum absolute atomic E-state index is 12.8. The van der Waals surface area contributed by atoms with Gasteiger partial charge in [-0.3, -0.25) is 9.59 Å². The van der Waals surface area contributed by atoms with E-state index in [1.165, 1.54) is 15.8 Å². The van der Waals surface area contributed by atoms with E-state index < -0.39 is 6.04 Å². The number of aromatic nitrogens is 2. The Labute approximate surface area is 134 Å². The van der Waals surface area contributed by atoms with Crippen LogP contribution in [0.4, 0.5) is 0 Å². The zero-order valence-corrected chi connectivity index (χ0v) is 13.2. The van der Waals surface area contributed by atoms with E-state index in [1.807, 2.05) is 24.3 Å². The quantitative estimate of drug-likeness (QED) is 0.850. The average molecular weight is 309 g/mol. The standard InChI is InChI=1S/C18H19N3O2/c1-12(21-17(22)9-13-7-4-8-16(13)19-21)18(23)20-10-14-5-2-3-6-15(14)11-20/h2-3,5-6,9,12H,4,7-8,10-11H2,1H3. The highest BCUT2D eigenvalue weighted by Gasteiger charge is 2.29. The summed E-state index contributed by atoms with van der Waals surface area (Å²) in [5.74, 6) is -0.0475. The van der Waals surface area contributed by atoms with Crippen LogP contribution in [0.25, 0.3) is 0 Å². The minimum absolute atomic E-state index is 0.0475. The largest absolute Gasteiger partial charge is 0.332 e. The van der Waals surface area contributed by atoms with Crippen molar-refractivity contribution >= 4 is 5.91 Å². The van der Waals surface area contributed by atoms with Gasteiger partial charge in [-0.1, -0.05) is 24.3 Å². The van der Waals surface area contributed by atoms with Crippen LogP contribution in [-0.2, 0) is 30.7 Å². The highest BCUT2D eigenvalue weighted by Crippen LogP contribution is 2.25. The highest BCUT2D eigenvalue weighted by atomic mass is 16.2. The summed E-state index contributed by atoms with van der Waals surface area (Å²) in [5, 5.41) is 4.45. The summed E-state index contributed by atoms with van der Waals surface area (Å²) in [6, 6.07) is 9.16. The van der Waals surface area contributed by atoms with E-state index in [-0.39, 0.29) is 11.5 Å².